The van der Waals surface area contributed by atoms with Crippen LogP contribution in [-0.2, 0) is 27.8 Å². The number of hydrogen-bond acceptors (Lipinski definition) is 4. The van der Waals surface area contributed by atoms with Crippen LogP contribution in [0.3, 0.4) is 0 Å². The van der Waals surface area contributed by atoms with Gasteiger partial charge in [-0.15, -0.1) is 0 Å². The lowest BCUT2D eigenvalue weighted by Gasteiger charge is -2.30. The van der Waals surface area contributed by atoms with Gasteiger partial charge in [-0.2, -0.15) is 4.31 Å². The molecule has 0 unspecified atom stereocenters. The van der Waals surface area contributed by atoms with Gasteiger partial charge in [0.25, 0.3) is 0 Å². The highest BCUT2D eigenvalue weighted by Gasteiger charge is 2.30. The van der Waals surface area contributed by atoms with Crippen LogP contribution in [0.25, 0.3) is 0 Å². The Hall–Kier alpha value is -0.950. The highest BCUT2D eigenvalue weighted by molar-refractivity contribution is 7.89. The molecule has 1 aromatic rings. The zero-order valence-electron chi connectivity index (χ0n) is 12.3. The second-order valence-electron chi connectivity index (χ2n) is 5.84. The van der Waals surface area contributed by atoms with Crippen LogP contribution in [0, 0.1) is 5.92 Å². The molecule has 0 radical (unpaired) electrons. The van der Waals surface area contributed by atoms with Gasteiger partial charge in [0.05, 0.1) is 4.90 Å². The maximum absolute atomic E-state index is 12.7. The van der Waals surface area contributed by atoms with Crippen molar-refractivity contribution >= 4 is 10.0 Å². The molecule has 1 saturated heterocycles. The molecular formula is C15H22N2O3S. The summed E-state index contributed by atoms with van der Waals surface area (Å²) in [5, 5.41) is 3.24. The summed E-state index contributed by atoms with van der Waals surface area (Å²) < 4.78 is 32.2. The van der Waals surface area contributed by atoms with Crippen LogP contribution in [0.15, 0.2) is 23.1 Å². The molecule has 6 heteroatoms. The number of nitrogens with zero attached hydrogens (tertiary/aromatic N) is 1. The Balaban J connectivity index is 1.75. The number of rotatable bonds is 4. The number of fused-ring (bicyclic) bond motifs is 1. The van der Waals surface area contributed by atoms with E-state index in [2.05, 4.69) is 5.32 Å². The van der Waals surface area contributed by atoms with Crippen molar-refractivity contribution in [2.45, 2.75) is 30.8 Å². The Kier molecular flexibility index (Phi) is 4.31. The Morgan fingerprint density at radius 1 is 1.24 bits per heavy atom. The molecular weight excluding hydrogens is 288 g/mol. The van der Waals surface area contributed by atoms with Gasteiger partial charge in [0, 0.05) is 39.9 Å². The van der Waals surface area contributed by atoms with Crippen molar-refractivity contribution in [2.24, 2.45) is 5.92 Å². The van der Waals surface area contributed by atoms with Gasteiger partial charge in [0.2, 0.25) is 10.0 Å². The minimum Gasteiger partial charge on any atom is -0.384 e. The number of sulfonamides is 1. The molecule has 2 heterocycles. The molecule has 1 N–H and O–H groups in total. The SMILES string of the molecule is COCC1CCN(S(=O)(=O)c2ccc3c(c2)CNC3)CC1. The molecule has 116 valence electrons. The summed E-state index contributed by atoms with van der Waals surface area (Å²) in [7, 11) is -1.66. The van der Waals surface area contributed by atoms with Crippen molar-refractivity contribution in [2.75, 3.05) is 26.8 Å². The Bertz CT molecular complexity index is 607. The van der Waals surface area contributed by atoms with E-state index in [0.29, 0.717) is 23.9 Å². The van der Waals surface area contributed by atoms with Gasteiger partial charge in [0.1, 0.15) is 0 Å². The van der Waals surface area contributed by atoms with E-state index in [-0.39, 0.29) is 0 Å². The monoisotopic (exact) mass is 310 g/mol. The van der Waals surface area contributed by atoms with Gasteiger partial charge in [0.15, 0.2) is 0 Å². The van der Waals surface area contributed by atoms with E-state index in [1.165, 1.54) is 5.56 Å². The van der Waals surface area contributed by atoms with E-state index < -0.39 is 10.0 Å². The molecule has 0 atom stereocenters. The fourth-order valence-electron chi connectivity index (χ4n) is 3.13. The fraction of sp³-hybridized carbons (Fsp3) is 0.600. The predicted molar refractivity (Wildman–Crippen MR) is 80.3 cm³/mol. The number of piperidine rings is 1. The summed E-state index contributed by atoms with van der Waals surface area (Å²) >= 11 is 0. The molecule has 2 aliphatic heterocycles. The van der Waals surface area contributed by atoms with Crippen molar-refractivity contribution in [1.29, 1.82) is 0 Å². The number of methoxy groups -OCH3 is 1. The molecule has 0 amide bonds. The topological polar surface area (TPSA) is 58.6 Å². The van der Waals surface area contributed by atoms with Crippen LogP contribution in [-0.4, -0.2) is 39.5 Å². The first-order valence-corrected chi connectivity index (χ1v) is 8.87. The molecule has 0 saturated carbocycles. The minimum absolute atomic E-state index is 0.426. The average molecular weight is 310 g/mol. The predicted octanol–water partition coefficient (Wildman–Crippen LogP) is 1.34. The molecule has 21 heavy (non-hydrogen) atoms. The lowest BCUT2D eigenvalue weighted by molar-refractivity contribution is 0.121. The lowest BCUT2D eigenvalue weighted by atomic mass is 9.99. The van der Waals surface area contributed by atoms with E-state index in [9.17, 15) is 8.42 Å². The van der Waals surface area contributed by atoms with Gasteiger partial charge in [-0.05, 0) is 42.0 Å². The second kappa shape index (κ2) is 6.04. The molecule has 1 aromatic carbocycles. The van der Waals surface area contributed by atoms with Crippen molar-refractivity contribution in [3.8, 4) is 0 Å². The summed E-state index contributed by atoms with van der Waals surface area (Å²) in [5.74, 6) is 0.477. The molecule has 3 rings (SSSR count). The summed E-state index contributed by atoms with van der Waals surface area (Å²) in [4.78, 5) is 0.426. The Labute approximate surface area is 126 Å². The van der Waals surface area contributed by atoms with Gasteiger partial charge in [-0.3, -0.25) is 0 Å². The quantitative estimate of drug-likeness (QED) is 0.912. The lowest BCUT2D eigenvalue weighted by Crippen LogP contribution is -2.39. The molecule has 2 aliphatic rings. The second-order valence-corrected chi connectivity index (χ2v) is 7.77. The number of benzene rings is 1. The fourth-order valence-corrected chi connectivity index (χ4v) is 4.65. The number of ether oxygens (including phenoxy) is 1. The molecule has 0 aliphatic carbocycles. The van der Waals surface area contributed by atoms with Crippen LogP contribution < -0.4 is 5.32 Å². The summed E-state index contributed by atoms with van der Waals surface area (Å²) in [6, 6.07) is 5.49. The molecule has 0 spiro atoms. The maximum atomic E-state index is 12.7. The zero-order valence-corrected chi connectivity index (χ0v) is 13.2. The van der Waals surface area contributed by atoms with Crippen molar-refractivity contribution in [3.63, 3.8) is 0 Å². The van der Waals surface area contributed by atoms with Crippen molar-refractivity contribution in [1.82, 2.24) is 9.62 Å². The van der Waals surface area contributed by atoms with E-state index in [1.807, 2.05) is 12.1 Å². The third kappa shape index (κ3) is 2.99. The molecule has 1 fully saturated rings. The molecule has 0 bridgehead atoms. The zero-order chi connectivity index (χ0) is 14.9. The highest BCUT2D eigenvalue weighted by atomic mass is 32.2. The molecule has 0 aromatic heterocycles. The van der Waals surface area contributed by atoms with Crippen LogP contribution in [0.1, 0.15) is 24.0 Å². The standard InChI is InChI=1S/C15H22N2O3S/c1-20-11-12-4-6-17(7-5-12)21(18,19)15-3-2-13-9-16-10-14(13)8-15/h2-3,8,12,16H,4-7,9-11H2,1H3. The minimum atomic E-state index is -3.36. The Morgan fingerprint density at radius 3 is 2.67 bits per heavy atom. The van der Waals surface area contributed by atoms with Crippen LogP contribution >= 0.6 is 0 Å². The smallest absolute Gasteiger partial charge is 0.243 e. The van der Waals surface area contributed by atoms with Crippen LogP contribution in [0.5, 0.6) is 0 Å². The third-order valence-corrected chi connectivity index (χ3v) is 6.32. The highest BCUT2D eigenvalue weighted by Crippen LogP contribution is 2.26. The number of hydrogen-bond donors (Lipinski definition) is 1. The van der Waals surface area contributed by atoms with Gasteiger partial charge in [-0.25, -0.2) is 8.42 Å². The largest absolute Gasteiger partial charge is 0.384 e. The third-order valence-electron chi connectivity index (χ3n) is 4.42. The normalized spacial score (nSPS) is 20.6. The van der Waals surface area contributed by atoms with Gasteiger partial charge < -0.3 is 10.1 Å². The summed E-state index contributed by atoms with van der Waals surface area (Å²) in [6.07, 6.45) is 1.75. The molecule has 5 nitrogen and oxygen atoms in total. The Morgan fingerprint density at radius 2 is 1.95 bits per heavy atom. The van der Waals surface area contributed by atoms with E-state index in [4.69, 9.17) is 4.74 Å². The van der Waals surface area contributed by atoms with Crippen LogP contribution in [0.2, 0.25) is 0 Å². The average Bonchev–Trinajstić information content (AvgIpc) is 2.95. The van der Waals surface area contributed by atoms with Gasteiger partial charge in [-0.1, -0.05) is 6.07 Å². The summed E-state index contributed by atoms with van der Waals surface area (Å²) in [5.41, 5.74) is 2.30. The van der Waals surface area contributed by atoms with Crippen molar-refractivity contribution in [3.05, 3.63) is 29.3 Å². The first-order valence-electron chi connectivity index (χ1n) is 7.43. The number of nitrogens with one attached hydrogen (secondary N) is 1. The first kappa shape index (κ1) is 15.0. The first-order chi connectivity index (χ1) is 10.1. The van der Waals surface area contributed by atoms with E-state index >= 15 is 0 Å². The van der Waals surface area contributed by atoms with Crippen LogP contribution in [0.4, 0.5) is 0 Å². The van der Waals surface area contributed by atoms with Gasteiger partial charge >= 0.3 is 0 Å². The maximum Gasteiger partial charge on any atom is 0.243 e. The van der Waals surface area contributed by atoms with E-state index in [0.717, 1.165) is 38.1 Å². The van der Waals surface area contributed by atoms with Crippen molar-refractivity contribution < 1.29 is 13.2 Å². The van der Waals surface area contributed by atoms with E-state index in [1.54, 1.807) is 17.5 Å². The summed E-state index contributed by atoms with van der Waals surface area (Å²) in [6.45, 7) is 3.49.